The van der Waals surface area contributed by atoms with Gasteiger partial charge in [-0.25, -0.2) is 9.37 Å². The van der Waals surface area contributed by atoms with Crippen molar-refractivity contribution >= 4 is 43.8 Å². The number of nitrogens with zero attached hydrogens (tertiary/aromatic N) is 1. The number of ether oxygens (including phenoxy) is 1. The van der Waals surface area contributed by atoms with Crippen LogP contribution in [-0.2, 0) is 12.6 Å². The average Bonchev–Trinajstić information content (AvgIpc) is 3.03. The fourth-order valence-electron chi connectivity index (χ4n) is 5.51. The summed E-state index contributed by atoms with van der Waals surface area (Å²) in [7, 11) is 0. The number of anilines is 2. The molecule has 1 aliphatic rings. The third-order valence-corrected chi connectivity index (χ3v) is 7.66. The number of halogens is 4. The molecule has 1 N–H and O–H groups in total. The Morgan fingerprint density at radius 3 is 1.86 bits per heavy atom. The van der Waals surface area contributed by atoms with E-state index in [1.165, 1.54) is 33.7 Å². The van der Waals surface area contributed by atoms with Gasteiger partial charge in [0.15, 0.2) is 0 Å². The van der Waals surface area contributed by atoms with E-state index in [0.29, 0.717) is 17.9 Å². The maximum absolute atomic E-state index is 14.2. The monoisotopic (exact) mass is 588 g/mol. The molecule has 0 unspecified atom stereocenters. The van der Waals surface area contributed by atoms with Gasteiger partial charge in [-0.05, 0) is 69.6 Å². The molecule has 1 aromatic heterocycles. The van der Waals surface area contributed by atoms with Gasteiger partial charge in [0.2, 0.25) is 0 Å². The third-order valence-electron chi connectivity index (χ3n) is 7.66. The number of aromatic nitrogens is 1. The average molecular weight is 589 g/mol. The second-order valence-electron chi connectivity index (χ2n) is 10.5. The molecule has 0 aliphatic carbocycles. The first-order valence-corrected chi connectivity index (χ1v) is 14.0. The molecule has 6 aromatic carbocycles. The number of hydrogen-bond donors (Lipinski definition) is 1. The lowest BCUT2D eigenvalue weighted by Crippen LogP contribution is -2.10. The molecule has 8 rings (SSSR count). The summed E-state index contributed by atoms with van der Waals surface area (Å²) in [6.07, 6.45) is -4.15. The van der Waals surface area contributed by atoms with Crippen molar-refractivity contribution in [3.8, 4) is 11.5 Å². The Bertz CT molecular complexity index is 2070. The molecule has 0 fully saturated rings. The molecule has 44 heavy (non-hydrogen) atoms. The van der Waals surface area contributed by atoms with Crippen molar-refractivity contribution in [3.05, 3.63) is 150 Å². The van der Waals surface area contributed by atoms with Crippen LogP contribution in [0.1, 0.15) is 16.8 Å². The Kier molecular flexibility index (Phi) is 6.85. The topological polar surface area (TPSA) is 34.1 Å². The van der Waals surface area contributed by atoms with Gasteiger partial charge < -0.3 is 10.1 Å². The number of pyridine rings is 1. The van der Waals surface area contributed by atoms with Crippen molar-refractivity contribution in [2.75, 3.05) is 5.32 Å². The molecular formula is C37H24F4N2O. The van der Waals surface area contributed by atoms with Gasteiger partial charge in [0.1, 0.15) is 28.5 Å². The highest BCUT2D eigenvalue weighted by atomic mass is 19.4. The van der Waals surface area contributed by atoms with Crippen LogP contribution in [-0.4, -0.2) is 4.98 Å². The highest BCUT2D eigenvalue weighted by molar-refractivity contribution is 5.98. The van der Waals surface area contributed by atoms with Crippen LogP contribution in [0.4, 0.5) is 28.9 Å². The van der Waals surface area contributed by atoms with Gasteiger partial charge in [0, 0.05) is 23.1 Å². The highest BCUT2D eigenvalue weighted by Gasteiger charge is 2.34. The number of benzene rings is 6. The minimum absolute atomic E-state index is 0.124. The zero-order valence-corrected chi connectivity index (χ0v) is 23.2. The first-order valence-electron chi connectivity index (χ1n) is 14.0. The number of hydrogen-bond acceptors (Lipinski definition) is 3. The van der Waals surface area contributed by atoms with Gasteiger partial charge in [-0.1, -0.05) is 84.9 Å². The molecule has 0 atom stereocenters. The van der Waals surface area contributed by atoms with Crippen molar-refractivity contribution in [1.29, 1.82) is 0 Å². The van der Waals surface area contributed by atoms with Crippen molar-refractivity contribution in [2.24, 2.45) is 0 Å². The smallest absolute Gasteiger partial charge is 0.433 e. The first kappa shape index (κ1) is 27.4. The molecule has 0 saturated carbocycles. The summed E-state index contributed by atoms with van der Waals surface area (Å²) in [6.45, 7) is 0. The van der Waals surface area contributed by atoms with Crippen LogP contribution in [0.5, 0.6) is 11.5 Å². The van der Waals surface area contributed by atoms with E-state index in [4.69, 9.17) is 4.74 Å². The number of alkyl halides is 3. The molecule has 0 saturated heterocycles. The Morgan fingerprint density at radius 2 is 1.20 bits per heavy atom. The lowest BCUT2D eigenvalue weighted by Gasteiger charge is -2.23. The quantitative estimate of drug-likeness (QED) is 0.161. The molecule has 216 valence electrons. The summed E-state index contributed by atoms with van der Waals surface area (Å²) < 4.78 is 60.3. The van der Waals surface area contributed by atoms with Crippen molar-refractivity contribution in [2.45, 2.75) is 12.6 Å². The summed E-state index contributed by atoms with van der Waals surface area (Å²) in [5.74, 6) is 0.561. The number of nitrogens with one attached hydrogen (secondary N) is 1. The van der Waals surface area contributed by atoms with E-state index in [9.17, 15) is 17.6 Å². The second-order valence-corrected chi connectivity index (χ2v) is 10.5. The van der Waals surface area contributed by atoms with Crippen molar-refractivity contribution < 1.29 is 22.3 Å². The van der Waals surface area contributed by atoms with E-state index in [1.807, 2.05) is 30.3 Å². The lowest BCUT2D eigenvalue weighted by molar-refractivity contribution is -0.140. The van der Waals surface area contributed by atoms with E-state index in [2.05, 4.69) is 71.0 Å². The summed E-state index contributed by atoms with van der Waals surface area (Å²) >= 11 is 0. The summed E-state index contributed by atoms with van der Waals surface area (Å²) in [4.78, 5) is 3.50. The second kappa shape index (κ2) is 11.0. The molecule has 1 aliphatic heterocycles. The predicted octanol–water partition coefficient (Wildman–Crippen LogP) is 10.8. The van der Waals surface area contributed by atoms with Gasteiger partial charge in [-0.15, -0.1) is 0 Å². The Labute approximate surface area is 250 Å². The van der Waals surface area contributed by atoms with Crippen LogP contribution < -0.4 is 10.1 Å². The van der Waals surface area contributed by atoms with Crippen LogP contribution in [0.3, 0.4) is 0 Å². The zero-order valence-electron chi connectivity index (χ0n) is 23.2. The van der Waals surface area contributed by atoms with E-state index in [0.717, 1.165) is 29.0 Å². The number of para-hydroxylation sites is 2. The Balaban J connectivity index is 0.000000185. The summed E-state index contributed by atoms with van der Waals surface area (Å²) in [5, 5.41) is 8.57. The van der Waals surface area contributed by atoms with E-state index in [1.54, 1.807) is 12.1 Å². The Hall–Kier alpha value is -5.43. The van der Waals surface area contributed by atoms with Gasteiger partial charge >= 0.3 is 6.18 Å². The SMILES string of the molecule is Fc1cccc2c(Nc3cccc4c3Cc3ccccc3O4)cc(C(F)(F)F)nc12.c1ccc2cc3ccccc3cc2c1. The van der Waals surface area contributed by atoms with Gasteiger partial charge in [-0.2, -0.15) is 13.2 Å². The molecule has 7 aromatic rings. The lowest BCUT2D eigenvalue weighted by atomic mass is 9.98. The molecule has 0 bridgehead atoms. The van der Waals surface area contributed by atoms with E-state index < -0.39 is 17.7 Å². The van der Waals surface area contributed by atoms with Crippen LogP contribution in [0.2, 0.25) is 0 Å². The number of rotatable bonds is 2. The van der Waals surface area contributed by atoms with Crippen molar-refractivity contribution in [3.63, 3.8) is 0 Å². The van der Waals surface area contributed by atoms with Crippen LogP contribution in [0, 0.1) is 5.82 Å². The van der Waals surface area contributed by atoms with Gasteiger partial charge in [0.05, 0.1) is 5.69 Å². The predicted molar refractivity (Wildman–Crippen MR) is 167 cm³/mol. The zero-order chi connectivity index (χ0) is 30.3. The minimum Gasteiger partial charge on any atom is -0.457 e. The number of fused-ring (bicyclic) bond motifs is 5. The van der Waals surface area contributed by atoms with E-state index >= 15 is 0 Å². The van der Waals surface area contributed by atoms with E-state index in [-0.39, 0.29) is 16.6 Å². The molecule has 0 radical (unpaired) electrons. The fourth-order valence-corrected chi connectivity index (χ4v) is 5.51. The van der Waals surface area contributed by atoms with Crippen LogP contribution in [0.25, 0.3) is 32.4 Å². The fraction of sp³-hybridized carbons (Fsp3) is 0.0541. The molecule has 0 amide bonds. The van der Waals surface area contributed by atoms with Crippen molar-refractivity contribution in [1.82, 2.24) is 4.98 Å². The minimum atomic E-state index is -4.70. The van der Waals surface area contributed by atoms with Gasteiger partial charge in [-0.3, -0.25) is 0 Å². The summed E-state index contributed by atoms with van der Waals surface area (Å²) in [5.41, 5.74) is 1.01. The molecule has 2 heterocycles. The maximum atomic E-state index is 14.2. The van der Waals surface area contributed by atoms with Crippen LogP contribution in [0.15, 0.2) is 127 Å². The van der Waals surface area contributed by atoms with Gasteiger partial charge in [0.25, 0.3) is 0 Å². The normalized spacial score (nSPS) is 12.2. The molecule has 0 spiro atoms. The first-order chi connectivity index (χ1) is 21.3. The maximum Gasteiger partial charge on any atom is 0.433 e. The largest absolute Gasteiger partial charge is 0.457 e. The molecular weight excluding hydrogens is 564 g/mol. The Morgan fingerprint density at radius 1 is 0.614 bits per heavy atom. The standard InChI is InChI=1S/C23H14F4N2O.C14H10/c24-16-7-3-6-14-18(12-21(23(25,26)27)29-22(14)16)28-17-8-4-10-20-15(17)11-13-5-1-2-9-19(13)30-20;1-2-6-12-10-14-8-4-3-7-13(14)9-11(12)5-1/h1-10,12H,11H2,(H,28,29);1-10H. The molecule has 3 nitrogen and oxygen atoms in total. The molecule has 7 heteroatoms. The highest BCUT2D eigenvalue weighted by Crippen LogP contribution is 2.42. The van der Waals surface area contributed by atoms with Crippen LogP contribution >= 0.6 is 0 Å². The summed E-state index contributed by atoms with van der Waals surface area (Å²) in [6, 6.07) is 39.3. The third kappa shape index (κ3) is 5.28.